The molecule has 0 aliphatic heterocycles. The van der Waals surface area contributed by atoms with Crippen LogP contribution in [0.3, 0.4) is 0 Å². The van der Waals surface area contributed by atoms with Crippen LogP contribution in [0.15, 0.2) is 48.5 Å². The van der Waals surface area contributed by atoms with Crippen LogP contribution in [0.25, 0.3) is 0 Å². The van der Waals surface area contributed by atoms with E-state index in [0.717, 1.165) is 5.56 Å². The molecule has 1 unspecified atom stereocenters. The number of hydrogen-bond acceptors (Lipinski definition) is 3. The predicted octanol–water partition coefficient (Wildman–Crippen LogP) is 3.09. The molecule has 1 atom stereocenters. The molecule has 2 aromatic carbocycles. The standard InChI is InChI=1S/C17H18ClN3O3/c1-24-15-8-7-12(18)9-14(15)20-16(22)10-13(21-17(19)23)11-5-3-2-4-6-11/h2-9,13H,10H2,1H3,(H,20,22)(H3,19,21,23). The summed E-state index contributed by atoms with van der Waals surface area (Å²) < 4.78 is 5.19. The van der Waals surface area contributed by atoms with E-state index < -0.39 is 12.1 Å². The Kier molecular flexibility index (Phi) is 6.03. The number of ether oxygens (including phenoxy) is 1. The number of halogens is 1. The van der Waals surface area contributed by atoms with Gasteiger partial charge in [0.25, 0.3) is 0 Å². The molecule has 0 radical (unpaired) electrons. The second-order valence-corrected chi connectivity index (χ2v) is 5.51. The molecule has 0 bridgehead atoms. The maximum atomic E-state index is 12.4. The van der Waals surface area contributed by atoms with Gasteiger partial charge in [-0.25, -0.2) is 4.79 Å². The third-order valence-corrected chi connectivity index (χ3v) is 3.58. The van der Waals surface area contributed by atoms with E-state index >= 15 is 0 Å². The highest BCUT2D eigenvalue weighted by Gasteiger charge is 2.18. The van der Waals surface area contributed by atoms with Gasteiger partial charge in [-0.1, -0.05) is 41.9 Å². The van der Waals surface area contributed by atoms with E-state index in [2.05, 4.69) is 10.6 Å². The highest BCUT2D eigenvalue weighted by Crippen LogP contribution is 2.28. The van der Waals surface area contributed by atoms with Crippen molar-refractivity contribution in [3.63, 3.8) is 0 Å². The van der Waals surface area contributed by atoms with Crippen molar-refractivity contribution in [3.8, 4) is 5.75 Å². The molecule has 0 fully saturated rings. The second kappa shape index (κ2) is 8.21. The number of amides is 3. The summed E-state index contributed by atoms with van der Waals surface area (Å²) in [7, 11) is 1.50. The average molecular weight is 348 g/mol. The molecule has 2 aromatic rings. The fourth-order valence-electron chi connectivity index (χ4n) is 2.27. The number of carbonyl (C=O) groups is 2. The Labute approximate surface area is 144 Å². The summed E-state index contributed by atoms with van der Waals surface area (Å²) in [5.74, 6) is 0.185. The Morgan fingerprint density at radius 2 is 1.92 bits per heavy atom. The molecule has 7 heteroatoms. The van der Waals surface area contributed by atoms with Crippen molar-refractivity contribution in [2.24, 2.45) is 5.73 Å². The minimum absolute atomic E-state index is 0.0165. The Hall–Kier alpha value is -2.73. The van der Waals surface area contributed by atoms with Crippen LogP contribution in [0.1, 0.15) is 18.0 Å². The second-order valence-electron chi connectivity index (χ2n) is 5.07. The number of urea groups is 1. The lowest BCUT2D eigenvalue weighted by molar-refractivity contribution is -0.116. The number of nitrogens with one attached hydrogen (secondary N) is 2. The monoisotopic (exact) mass is 347 g/mol. The predicted molar refractivity (Wildman–Crippen MR) is 93.2 cm³/mol. The first-order chi connectivity index (χ1) is 11.5. The molecule has 2 rings (SSSR count). The van der Waals surface area contributed by atoms with Crippen molar-refractivity contribution in [3.05, 3.63) is 59.1 Å². The first-order valence-electron chi connectivity index (χ1n) is 7.24. The van der Waals surface area contributed by atoms with Crippen LogP contribution in [0, 0.1) is 0 Å². The summed E-state index contributed by atoms with van der Waals surface area (Å²) in [6, 6.07) is 12.8. The summed E-state index contributed by atoms with van der Waals surface area (Å²) in [5, 5.41) is 5.78. The lowest BCUT2D eigenvalue weighted by Gasteiger charge is -2.18. The van der Waals surface area contributed by atoms with Crippen molar-refractivity contribution >= 4 is 29.2 Å². The summed E-state index contributed by atoms with van der Waals surface area (Å²) in [4.78, 5) is 23.6. The largest absolute Gasteiger partial charge is 0.495 e. The van der Waals surface area contributed by atoms with Gasteiger partial charge >= 0.3 is 6.03 Å². The van der Waals surface area contributed by atoms with Crippen molar-refractivity contribution in [2.75, 3.05) is 12.4 Å². The van der Waals surface area contributed by atoms with E-state index in [1.165, 1.54) is 7.11 Å². The maximum Gasteiger partial charge on any atom is 0.312 e. The Balaban J connectivity index is 2.13. The molecule has 0 saturated carbocycles. The van der Waals surface area contributed by atoms with Crippen LogP contribution < -0.4 is 21.1 Å². The molecule has 0 aromatic heterocycles. The van der Waals surface area contributed by atoms with Crippen molar-refractivity contribution in [1.82, 2.24) is 5.32 Å². The van der Waals surface area contributed by atoms with Crippen molar-refractivity contribution in [2.45, 2.75) is 12.5 Å². The van der Waals surface area contributed by atoms with E-state index in [9.17, 15) is 9.59 Å². The maximum absolute atomic E-state index is 12.4. The van der Waals surface area contributed by atoms with Gasteiger partial charge in [0, 0.05) is 5.02 Å². The average Bonchev–Trinajstić information content (AvgIpc) is 2.55. The lowest BCUT2D eigenvalue weighted by atomic mass is 10.0. The Morgan fingerprint density at radius 3 is 2.54 bits per heavy atom. The molecule has 0 spiro atoms. The fourth-order valence-corrected chi connectivity index (χ4v) is 2.45. The molecular formula is C17H18ClN3O3. The molecule has 0 heterocycles. The summed E-state index contributed by atoms with van der Waals surface area (Å²) in [6.07, 6.45) is 0.0165. The topological polar surface area (TPSA) is 93.4 Å². The minimum atomic E-state index is -0.697. The SMILES string of the molecule is COc1ccc(Cl)cc1NC(=O)CC(NC(N)=O)c1ccccc1. The molecule has 126 valence electrons. The third-order valence-electron chi connectivity index (χ3n) is 3.34. The Bertz CT molecular complexity index is 722. The Morgan fingerprint density at radius 1 is 1.21 bits per heavy atom. The summed E-state index contributed by atoms with van der Waals surface area (Å²) in [5.41, 5.74) is 6.45. The molecule has 0 aliphatic carbocycles. The molecule has 0 aliphatic rings. The van der Waals surface area contributed by atoms with E-state index in [1.807, 2.05) is 30.3 Å². The van der Waals surface area contributed by atoms with Gasteiger partial charge in [0.15, 0.2) is 0 Å². The number of nitrogens with two attached hydrogens (primary N) is 1. The first kappa shape index (κ1) is 17.6. The highest BCUT2D eigenvalue weighted by molar-refractivity contribution is 6.31. The van der Waals surface area contributed by atoms with E-state index in [4.69, 9.17) is 22.1 Å². The van der Waals surface area contributed by atoms with Crippen LogP contribution in [-0.2, 0) is 4.79 Å². The number of methoxy groups -OCH3 is 1. The number of anilines is 1. The van der Waals surface area contributed by atoms with Crippen molar-refractivity contribution in [1.29, 1.82) is 0 Å². The molecular weight excluding hydrogens is 330 g/mol. The lowest BCUT2D eigenvalue weighted by Crippen LogP contribution is -2.35. The van der Waals surface area contributed by atoms with Gasteiger partial charge in [-0.3, -0.25) is 4.79 Å². The van der Waals surface area contributed by atoms with Crippen LogP contribution in [-0.4, -0.2) is 19.0 Å². The van der Waals surface area contributed by atoms with E-state index in [-0.39, 0.29) is 12.3 Å². The third kappa shape index (κ3) is 4.89. The van der Waals surface area contributed by atoms with Crippen LogP contribution in [0.2, 0.25) is 5.02 Å². The quantitative estimate of drug-likeness (QED) is 0.749. The zero-order valence-corrected chi connectivity index (χ0v) is 13.8. The first-order valence-corrected chi connectivity index (χ1v) is 7.61. The minimum Gasteiger partial charge on any atom is -0.495 e. The van der Waals surface area contributed by atoms with Crippen molar-refractivity contribution < 1.29 is 14.3 Å². The zero-order chi connectivity index (χ0) is 17.5. The van der Waals surface area contributed by atoms with E-state index in [1.54, 1.807) is 18.2 Å². The van der Waals surface area contributed by atoms with Gasteiger partial charge in [-0.2, -0.15) is 0 Å². The normalized spacial score (nSPS) is 11.4. The van der Waals surface area contributed by atoms with Gasteiger partial charge in [0.1, 0.15) is 5.75 Å². The number of carbonyl (C=O) groups excluding carboxylic acids is 2. The smallest absolute Gasteiger partial charge is 0.312 e. The molecule has 3 amide bonds. The summed E-state index contributed by atoms with van der Waals surface area (Å²) in [6.45, 7) is 0. The fraction of sp³-hybridized carbons (Fsp3) is 0.176. The summed E-state index contributed by atoms with van der Waals surface area (Å²) >= 11 is 5.95. The van der Waals surface area contributed by atoms with Crippen LogP contribution in [0.4, 0.5) is 10.5 Å². The van der Waals surface area contributed by atoms with E-state index in [0.29, 0.717) is 16.5 Å². The van der Waals surface area contributed by atoms with Gasteiger partial charge in [-0.05, 0) is 23.8 Å². The van der Waals surface area contributed by atoms with Gasteiger partial charge in [-0.15, -0.1) is 0 Å². The number of primary amides is 1. The number of hydrogen-bond donors (Lipinski definition) is 3. The number of benzene rings is 2. The molecule has 4 N–H and O–H groups in total. The molecule has 24 heavy (non-hydrogen) atoms. The number of rotatable bonds is 6. The van der Waals surface area contributed by atoms with Gasteiger partial charge < -0.3 is 21.1 Å². The van der Waals surface area contributed by atoms with Crippen LogP contribution in [0.5, 0.6) is 5.75 Å². The highest BCUT2D eigenvalue weighted by atomic mass is 35.5. The van der Waals surface area contributed by atoms with Gasteiger partial charge in [0.05, 0.1) is 25.3 Å². The van der Waals surface area contributed by atoms with Gasteiger partial charge in [0.2, 0.25) is 5.91 Å². The molecule has 6 nitrogen and oxygen atoms in total. The zero-order valence-electron chi connectivity index (χ0n) is 13.1. The van der Waals surface area contributed by atoms with Crippen LogP contribution >= 0.6 is 11.6 Å². The molecule has 0 saturated heterocycles.